The molecule has 154 valence electrons. The summed E-state index contributed by atoms with van der Waals surface area (Å²) in [6.45, 7) is 2.24. The summed E-state index contributed by atoms with van der Waals surface area (Å²) in [5, 5.41) is 8.79. The van der Waals surface area contributed by atoms with Gasteiger partial charge in [0, 0.05) is 0 Å². The molecule has 1 saturated carbocycles. The van der Waals surface area contributed by atoms with Gasteiger partial charge >= 0.3 is 6.11 Å². The van der Waals surface area contributed by atoms with E-state index >= 15 is 0 Å². The molecule has 4 heteroatoms. The SMILES string of the molecule is CCCCCC1CCC(c2ccc(OC(F)(F)c3ccc(C#N)cc3)cc2)CC1. The van der Waals surface area contributed by atoms with E-state index in [9.17, 15) is 8.78 Å². The van der Waals surface area contributed by atoms with Crippen molar-refractivity contribution in [2.24, 2.45) is 5.92 Å². The first-order valence-corrected chi connectivity index (χ1v) is 10.7. The zero-order valence-corrected chi connectivity index (χ0v) is 17.0. The van der Waals surface area contributed by atoms with E-state index in [0.29, 0.717) is 11.5 Å². The van der Waals surface area contributed by atoms with Crippen LogP contribution in [0, 0.1) is 17.2 Å². The molecule has 0 spiro atoms. The second kappa shape index (κ2) is 9.87. The van der Waals surface area contributed by atoms with E-state index in [1.165, 1.54) is 81.2 Å². The third kappa shape index (κ3) is 5.79. The molecule has 0 N–H and O–H groups in total. The molecule has 1 aliphatic carbocycles. The van der Waals surface area contributed by atoms with Crippen molar-refractivity contribution in [3.63, 3.8) is 0 Å². The van der Waals surface area contributed by atoms with Gasteiger partial charge in [-0.25, -0.2) is 0 Å². The van der Waals surface area contributed by atoms with E-state index in [0.717, 1.165) is 5.92 Å². The minimum Gasteiger partial charge on any atom is -0.429 e. The van der Waals surface area contributed by atoms with Gasteiger partial charge in [-0.1, -0.05) is 44.7 Å². The molecule has 0 heterocycles. The Hall–Kier alpha value is -2.41. The Balaban J connectivity index is 1.55. The van der Waals surface area contributed by atoms with Crippen LogP contribution in [-0.4, -0.2) is 0 Å². The molecular formula is C25H29F2NO. The van der Waals surface area contributed by atoms with Crippen LogP contribution in [-0.2, 0) is 6.11 Å². The third-order valence-electron chi connectivity index (χ3n) is 6.01. The van der Waals surface area contributed by atoms with Crippen molar-refractivity contribution in [1.29, 1.82) is 5.26 Å². The molecular weight excluding hydrogens is 368 g/mol. The molecule has 2 nitrogen and oxygen atoms in total. The van der Waals surface area contributed by atoms with Crippen LogP contribution in [0.5, 0.6) is 5.75 Å². The molecule has 0 aromatic heterocycles. The number of hydrogen-bond acceptors (Lipinski definition) is 2. The van der Waals surface area contributed by atoms with Crippen molar-refractivity contribution < 1.29 is 13.5 Å². The quantitative estimate of drug-likeness (QED) is 0.431. The first kappa shape index (κ1) is 21.3. The number of hydrogen-bond donors (Lipinski definition) is 0. The first-order chi connectivity index (χ1) is 14.0. The number of benzene rings is 2. The van der Waals surface area contributed by atoms with Gasteiger partial charge in [-0.05, 0) is 79.5 Å². The van der Waals surface area contributed by atoms with Gasteiger partial charge in [0.05, 0.1) is 17.2 Å². The Bertz CT molecular complexity index is 800. The third-order valence-corrected chi connectivity index (χ3v) is 6.01. The zero-order chi connectivity index (χ0) is 20.7. The van der Waals surface area contributed by atoms with Crippen LogP contribution >= 0.6 is 0 Å². The summed E-state index contributed by atoms with van der Waals surface area (Å²) >= 11 is 0. The molecule has 1 aliphatic rings. The zero-order valence-electron chi connectivity index (χ0n) is 17.0. The molecule has 0 unspecified atom stereocenters. The first-order valence-electron chi connectivity index (χ1n) is 10.7. The highest BCUT2D eigenvalue weighted by Crippen LogP contribution is 2.39. The second-order valence-electron chi connectivity index (χ2n) is 8.09. The predicted molar refractivity (Wildman–Crippen MR) is 111 cm³/mol. The highest BCUT2D eigenvalue weighted by molar-refractivity contribution is 5.34. The molecule has 0 atom stereocenters. The van der Waals surface area contributed by atoms with Crippen LogP contribution in [0.25, 0.3) is 0 Å². The maximum atomic E-state index is 14.4. The Morgan fingerprint density at radius 2 is 1.62 bits per heavy atom. The molecule has 3 rings (SSSR count). The minimum absolute atomic E-state index is 0.149. The van der Waals surface area contributed by atoms with Crippen LogP contribution in [0.15, 0.2) is 48.5 Å². The van der Waals surface area contributed by atoms with Crippen LogP contribution in [0.4, 0.5) is 8.78 Å². The molecule has 0 bridgehead atoms. The number of alkyl halides is 2. The van der Waals surface area contributed by atoms with Gasteiger partial charge in [-0.3, -0.25) is 0 Å². The van der Waals surface area contributed by atoms with E-state index in [4.69, 9.17) is 10.00 Å². The van der Waals surface area contributed by atoms with Crippen LogP contribution in [0.1, 0.15) is 80.9 Å². The van der Waals surface area contributed by atoms with E-state index in [1.807, 2.05) is 18.2 Å². The average Bonchev–Trinajstić information content (AvgIpc) is 2.75. The second-order valence-corrected chi connectivity index (χ2v) is 8.09. The molecule has 29 heavy (non-hydrogen) atoms. The van der Waals surface area contributed by atoms with Crippen LogP contribution < -0.4 is 4.74 Å². The fraction of sp³-hybridized carbons (Fsp3) is 0.480. The summed E-state index contributed by atoms with van der Waals surface area (Å²) in [5.41, 5.74) is 1.29. The lowest BCUT2D eigenvalue weighted by atomic mass is 9.77. The predicted octanol–water partition coefficient (Wildman–Crippen LogP) is 7.54. The maximum absolute atomic E-state index is 14.4. The van der Waals surface area contributed by atoms with E-state index in [2.05, 4.69) is 6.92 Å². The minimum atomic E-state index is -3.44. The van der Waals surface area contributed by atoms with Gasteiger partial charge < -0.3 is 4.74 Å². The Morgan fingerprint density at radius 3 is 2.21 bits per heavy atom. The van der Waals surface area contributed by atoms with E-state index < -0.39 is 6.11 Å². The van der Waals surface area contributed by atoms with Gasteiger partial charge in [0.25, 0.3) is 0 Å². The summed E-state index contributed by atoms with van der Waals surface area (Å²) in [4.78, 5) is 0. The molecule has 1 fully saturated rings. The van der Waals surface area contributed by atoms with Crippen LogP contribution in [0.2, 0.25) is 0 Å². The summed E-state index contributed by atoms with van der Waals surface area (Å²) in [6, 6.07) is 14.2. The molecule has 2 aromatic carbocycles. The van der Waals surface area contributed by atoms with Crippen molar-refractivity contribution in [1.82, 2.24) is 0 Å². The topological polar surface area (TPSA) is 33.0 Å². The molecule has 2 aromatic rings. The Labute approximate surface area is 172 Å². The normalized spacial score (nSPS) is 19.5. The number of nitriles is 1. The number of nitrogens with zero attached hydrogens (tertiary/aromatic N) is 1. The standard InChI is InChI=1S/C25H29F2NO/c1-2-3-4-5-19-6-10-21(11-7-19)22-12-16-24(17-13-22)29-25(26,27)23-14-8-20(18-28)9-15-23/h8-9,12-17,19,21H,2-7,10-11H2,1H3. The van der Waals surface area contributed by atoms with E-state index in [-0.39, 0.29) is 11.3 Å². The van der Waals surface area contributed by atoms with Crippen molar-refractivity contribution >= 4 is 0 Å². The number of halogens is 2. The summed E-state index contributed by atoms with van der Waals surface area (Å²) < 4.78 is 33.8. The monoisotopic (exact) mass is 397 g/mol. The highest BCUT2D eigenvalue weighted by Gasteiger charge is 2.34. The average molecular weight is 398 g/mol. The number of rotatable bonds is 8. The summed E-state index contributed by atoms with van der Waals surface area (Å²) in [7, 11) is 0. The smallest absolute Gasteiger partial charge is 0.426 e. The van der Waals surface area contributed by atoms with Gasteiger partial charge in [0.15, 0.2) is 0 Å². The Kier molecular flexibility index (Phi) is 7.25. The van der Waals surface area contributed by atoms with Crippen molar-refractivity contribution in [2.75, 3.05) is 0 Å². The maximum Gasteiger partial charge on any atom is 0.426 e. The van der Waals surface area contributed by atoms with Crippen LogP contribution in [0.3, 0.4) is 0 Å². The lowest BCUT2D eigenvalue weighted by molar-refractivity contribution is -0.185. The van der Waals surface area contributed by atoms with Gasteiger partial charge in [-0.2, -0.15) is 14.0 Å². The van der Waals surface area contributed by atoms with Gasteiger partial charge in [0.1, 0.15) is 5.75 Å². The number of unbranched alkanes of at least 4 members (excludes halogenated alkanes) is 2. The lowest BCUT2D eigenvalue weighted by Crippen LogP contribution is -2.21. The molecule has 0 saturated heterocycles. The van der Waals surface area contributed by atoms with Crippen molar-refractivity contribution in [2.45, 2.75) is 70.3 Å². The molecule has 0 aliphatic heterocycles. The molecule has 0 amide bonds. The number of ether oxygens (including phenoxy) is 1. The van der Waals surface area contributed by atoms with Crippen molar-refractivity contribution in [3.8, 4) is 11.8 Å². The van der Waals surface area contributed by atoms with Gasteiger partial charge in [0.2, 0.25) is 0 Å². The fourth-order valence-corrected chi connectivity index (χ4v) is 4.22. The summed E-state index contributed by atoms with van der Waals surface area (Å²) in [5.74, 6) is 1.52. The highest BCUT2D eigenvalue weighted by atomic mass is 19.3. The molecule has 0 radical (unpaired) electrons. The largest absolute Gasteiger partial charge is 0.429 e. The fourth-order valence-electron chi connectivity index (χ4n) is 4.22. The summed E-state index contributed by atoms with van der Waals surface area (Å²) in [6.07, 6.45) is 6.74. The van der Waals surface area contributed by atoms with Gasteiger partial charge in [-0.15, -0.1) is 0 Å². The lowest BCUT2D eigenvalue weighted by Gasteiger charge is -2.29. The van der Waals surface area contributed by atoms with Crippen molar-refractivity contribution in [3.05, 3.63) is 65.2 Å². The Morgan fingerprint density at radius 1 is 0.966 bits per heavy atom. The van der Waals surface area contributed by atoms with E-state index in [1.54, 1.807) is 12.1 Å².